The summed E-state index contributed by atoms with van der Waals surface area (Å²) in [6.07, 6.45) is 5.26. The standard InChI is InChI=1S/C16H15N3O/c1-19-15-7-3-2-6-13(15)14(16(19)20)11-18-10-12-5-4-8-17-9-12/h2-9,11,20H,10H2,1H3. The lowest BCUT2D eigenvalue weighted by atomic mass is 10.2. The van der Waals surface area contributed by atoms with E-state index in [1.54, 1.807) is 23.2 Å². The summed E-state index contributed by atoms with van der Waals surface area (Å²) < 4.78 is 1.76. The smallest absolute Gasteiger partial charge is 0.200 e. The lowest BCUT2D eigenvalue weighted by molar-refractivity contribution is 0.434. The van der Waals surface area contributed by atoms with Crippen molar-refractivity contribution in [3.63, 3.8) is 0 Å². The third kappa shape index (κ3) is 2.16. The van der Waals surface area contributed by atoms with Gasteiger partial charge >= 0.3 is 0 Å². The highest BCUT2D eigenvalue weighted by Gasteiger charge is 2.11. The number of aromatic nitrogens is 2. The summed E-state index contributed by atoms with van der Waals surface area (Å²) in [5.74, 6) is 0.237. The summed E-state index contributed by atoms with van der Waals surface area (Å²) in [6, 6.07) is 11.8. The van der Waals surface area contributed by atoms with Gasteiger partial charge in [0.25, 0.3) is 0 Å². The van der Waals surface area contributed by atoms with E-state index in [1.807, 2.05) is 43.4 Å². The van der Waals surface area contributed by atoms with Gasteiger partial charge in [0.2, 0.25) is 5.88 Å². The summed E-state index contributed by atoms with van der Waals surface area (Å²) in [6.45, 7) is 0.552. The van der Waals surface area contributed by atoms with Crippen LogP contribution in [0.15, 0.2) is 53.8 Å². The first-order chi connectivity index (χ1) is 9.77. The molecule has 20 heavy (non-hydrogen) atoms. The molecule has 0 aliphatic heterocycles. The second-order valence-electron chi connectivity index (χ2n) is 4.64. The van der Waals surface area contributed by atoms with Crippen LogP contribution in [0.25, 0.3) is 10.9 Å². The Balaban J connectivity index is 1.93. The quantitative estimate of drug-likeness (QED) is 0.740. The van der Waals surface area contributed by atoms with E-state index >= 15 is 0 Å². The number of para-hydroxylation sites is 1. The molecule has 0 aliphatic rings. The molecule has 0 atom stereocenters. The molecule has 0 unspecified atom stereocenters. The number of aryl methyl sites for hydroxylation is 1. The van der Waals surface area contributed by atoms with Crippen LogP contribution < -0.4 is 0 Å². The second-order valence-corrected chi connectivity index (χ2v) is 4.64. The van der Waals surface area contributed by atoms with Crippen molar-refractivity contribution in [2.24, 2.45) is 12.0 Å². The van der Waals surface area contributed by atoms with E-state index in [4.69, 9.17) is 0 Å². The average molecular weight is 265 g/mol. The average Bonchev–Trinajstić information content (AvgIpc) is 2.74. The fourth-order valence-corrected chi connectivity index (χ4v) is 2.27. The lowest BCUT2D eigenvalue weighted by Crippen LogP contribution is -1.87. The van der Waals surface area contributed by atoms with Crippen molar-refractivity contribution in [2.75, 3.05) is 0 Å². The number of aromatic hydroxyl groups is 1. The molecule has 4 heteroatoms. The van der Waals surface area contributed by atoms with Gasteiger partial charge in [0, 0.05) is 31.0 Å². The highest BCUT2D eigenvalue weighted by atomic mass is 16.3. The number of hydrogen-bond donors (Lipinski definition) is 1. The van der Waals surface area contributed by atoms with Gasteiger partial charge in [-0.2, -0.15) is 0 Å². The first kappa shape index (κ1) is 12.4. The van der Waals surface area contributed by atoms with Crippen molar-refractivity contribution >= 4 is 17.1 Å². The first-order valence-corrected chi connectivity index (χ1v) is 6.42. The van der Waals surface area contributed by atoms with Crippen molar-refractivity contribution in [2.45, 2.75) is 6.54 Å². The second kappa shape index (κ2) is 5.17. The summed E-state index contributed by atoms with van der Waals surface area (Å²) >= 11 is 0. The van der Waals surface area contributed by atoms with Crippen molar-refractivity contribution < 1.29 is 5.11 Å². The first-order valence-electron chi connectivity index (χ1n) is 6.42. The van der Waals surface area contributed by atoms with Crippen LogP contribution in [0.5, 0.6) is 5.88 Å². The Labute approximate surface area is 117 Å². The minimum absolute atomic E-state index is 0.237. The summed E-state index contributed by atoms with van der Waals surface area (Å²) in [7, 11) is 1.84. The molecule has 3 aromatic rings. The van der Waals surface area contributed by atoms with Crippen LogP contribution in [-0.2, 0) is 13.6 Å². The van der Waals surface area contributed by atoms with Crippen LogP contribution in [0, 0.1) is 0 Å². The van der Waals surface area contributed by atoms with Gasteiger partial charge in [-0.1, -0.05) is 24.3 Å². The maximum atomic E-state index is 10.2. The summed E-state index contributed by atoms with van der Waals surface area (Å²) in [5.41, 5.74) is 2.79. The van der Waals surface area contributed by atoms with Gasteiger partial charge in [-0.25, -0.2) is 0 Å². The molecule has 2 heterocycles. The molecule has 0 bridgehead atoms. The van der Waals surface area contributed by atoms with E-state index in [0.717, 1.165) is 22.0 Å². The van der Waals surface area contributed by atoms with Gasteiger partial charge in [0.15, 0.2) is 0 Å². The zero-order valence-electron chi connectivity index (χ0n) is 11.2. The highest BCUT2D eigenvalue weighted by molar-refractivity contribution is 6.02. The van der Waals surface area contributed by atoms with E-state index in [-0.39, 0.29) is 5.88 Å². The molecule has 2 aromatic heterocycles. The van der Waals surface area contributed by atoms with Crippen molar-refractivity contribution in [1.29, 1.82) is 0 Å². The van der Waals surface area contributed by atoms with Gasteiger partial charge in [0.05, 0.1) is 17.6 Å². The molecule has 4 nitrogen and oxygen atoms in total. The number of aliphatic imine (C=N–C) groups is 1. The number of fused-ring (bicyclic) bond motifs is 1. The molecular weight excluding hydrogens is 250 g/mol. The fraction of sp³-hybridized carbons (Fsp3) is 0.125. The van der Waals surface area contributed by atoms with Gasteiger partial charge in [0.1, 0.15) is 0 Å². The Morgan fingerprint density at radius 2 is 2.10 bits per heavy atom. The normalized spacial score (nSPS) is 11.4. The third-order valence-electron chi connectivity index (χ3n) is 3.33. The van der Waals surface area contributed by atoms with Crippen LogP contribution in [0.2, 0.25) is 0 Å². The molecular formula is C16H15N3O. The van der Waals surface area contributed by atoms with Crippen LogP contribution in [-0.4, -0.2) is 20.9 Å². The van der Waals surface area contributed by atoms with Crippen molar-refractivity contribution in [3.8, 4) is 5.88 Å². The number of rotatable bonds is 3. The molecule has 1 N–H and O–H groups in total. The Bertz CT molecular complexity index is 760. The molecule has 0 fully saturated rings. The molecule has 0 amide bonds. The number of benzene rings is 1. The zero-order chi connectivity index (χ0) is 13.9. The minimum atomic E-state index is 0.237. The number of pyridine rings is 1. The van der Waals surface area contributed by atoms with Crippen molar-refractivity contribution in [3.05, 3.63) is 59.9 Å². The van der Waals surface area contributed by atoms with Crippen molar-refractivity contribution in [1.82, 2.24) is 9.55 Å². The van der Waals surface area contributed by atoms with Crippen LogP contribution in [0.4, 0.5) is 0 Å². The molecule has 3 rings (SSSR count). The molecule has 0 saturated heterocycles. The van der Waals surface area contributed by atoms with Gasteiger partial charge in [-0.3, -0.25) is 9.98 Å². The number of nitrogens with zero attached hydrogens (tertiary/aromatic N) is 3. The molecule has 1 aromatic carbocycles. The SMILES string of the molecule is Cn1c(O)c(C=NCc2cccnc2)c2ccccc21. The maximum absolute atomic E-state index is 10.2. The minimum Gasteiger partial charge on any atom is -0.494 e. The molecule has 100 valence electrons. The van der Waals surface area contributed by atoms with Crippen LogP contribution >= 0.6 is 0 Å². The highest BCUT2D eigenvalue weighted by Crippen LogP contribution is 2.28. The predicted octanol–water partition coefficient (Wildman–Crippen LogP) is 2.90. The summed E-state index contributed by atoms with van der Waals surface area (Å²) in [4.78, 5) is 8.45. The lowest BCUT2D eigenvalue weighted by Gasteiger charge is -1.96. The van der Waals surface area contributed by atoms with E-state index in [1.165, 1.54) is 0 Å². The van der Waals surface area contributed by atoms with Gasteiger partial charge < -0.3 is 9.67 Å². The zero-order valence-corrected chi connectivity index (χ0v) is 11.2. The Hall–Kier alpha value is -2.62. The third-order valence-corrected chi connectivity index (χ3v) is 3.33. The van der Waals surface area contributed by atoms with E-state index in [9.17, 15) is 5.11 Å². The largest absolute Gasteiger partial charge is 0.494 e. The van der Waals surface area contributed by atoms with E-state index in [0.29, 0.717) is 6.54 Å². The fourth-order valence-electron chi connectivity index (χ4n) is 2.27. The van der Waals surface area contributed by atoms with Gasteiger partial charge in [-0.05, 0) is 17.7 Å². The van der Waals surface area contributed by atoms with Crippen LogP contribution in [0.3, 0.4) is 0 Å². The van der Waals surface area contributed by atoms with E-state index in [2.05, 4.69) is 9.98 Å². The molecule has 0 spiro atoms. The van der Waals surface area contributed by atoms with E-state index < -0.39 is 0 Å². The maximum Gasteiger partial charge on any atom is 0.200 e. The molecule has 0 radical (unpaired) electrons. The summed E-state index contributed by atoms with van der Waals surface area (Å²) in [5, 5.41) is 11.2. The molecule has 0 aliphatic carbocycles. The van der Waals surface area contributed by atoms with Crippen LogP contribution in [0.1, 0.15) is 11.1 Å². The molecule has 0 saturated carbocycles. The topological polar surface area (TPSA) is 50.4 Å². The Morgan fingerprint density at radius 1 is 1.25 bits per heavy atom. The Kier molecular flexibility index (Phi) is 3.21. The van der Waals surface area contributed by atoms with Gasteiger partial charge in [-0.15, -0.1) is 0 Å². The monoisotopic (exact) mass is 265 g/mol. The Morgan fingerprint density at radius 3 is 2.90 bits per heavy atom. The predicted molar refractivity (Wildman–Crippen MR) is 80.1 cm³/mol. The number of hydrogen-bond acceptors (Lipinski definition) is 3.